The van der Waals surface area contributed by atoms with E-state index in [1.165, 1.54) is 6.20 Å². The van der Waals surface area contributed by atoms with E-state index in [1.807, 2.05) is 30.3 Å². The molecule has 7 heteroatoms. The van der Waals surface area contributed by atoms with Crippen LogP contribution in [-0.4, -0.2) is 43.9 Å². The van der Waals surface area contributed by atoms with Crippen molar-refractivity contribution in [2.75, 3.05) is 43.1 Å². The van der Waals surface area contributed by atoms with Gasteiger partial charge in [-0.05, 0) is 36.2 Å². The number of nitriles is 1. The molecule has 29 heavy (non-hydrogen) atoms. The van der Waals surface area contributed by atoms with E-state index in [0.29, 0.717) is 26.2 Å². The molecule has 0 aliphatic carbocycles. The summed E-state index contributed by atoms with van der Waals surface area (Å²) < 4.78 is 5.40. The predicted octanol–water partition coefficient (Wildman–Crippen LogP) is 2.41. The van der Waals surface area contributed by atoms with Crippen molar-refractivity contribution in [3.8, 4) is 11.8 Å². The summed E-state index contributed by atoms with van der Waals surface area (Å²) in [6.07, 6.45) is 2.05. The highest BCUT2D eigenvalue weighted by atomic mass is 16.5. The molecule has 1 amide bonds. The first-order valence-corrected chi connectivity index (χ1v) is 9.52. The van der Waals surface area contributed by atoms with Crippen LogP contribution in [0.25, 0.3) is 0 Å². The Hall–Kier alpha value is -3.50. The predicted molar refractivity (Wildman–Crippen MR) is 112 cm³/mol. The minimum atomic E-state index is -0.428. The molecule has 0 radical (unpaired) electrons. The number of hydrogen-bond acceptors (Lipinski definition) is 6. The number of anilines is 2. The first-order chi connectivity index (χ1) is 14.2. The minimum absolute atomic E-state index is 0.00693. The number of morpholine rings is 1. The Balaban J connectivity index is 1.59. The molecule has 0 bridgehead atoms. The molecule has 0 aromatic heterocycles. The zero-order valence-corrected chi connectivity index (χ0v) is 16.1. The summed E-state index contributed by atoms with van der Waals surface area (Å²) in [5.41, 5.74) is 2.84. The number of nitrogens with zero attached hydrogens (tertiary/aromatic N) is 2. The van der Waals surface area contributed by atoms with Crippen molar-refractivity contribution in [2.24, 2.45) is 0 Å². The number of carbonyl (C=O) groups excluding carboxylic acids is 1. The topological polar surface area (TPSA) is 97.6 Å². The fourth-order valence-electron chi connectivity index (χ4n) is 3.05. The van der Waals surface area contributed by atoms with Gasteiger partial charge in [0.1, 0.15) is 17.4 Å². The number of rotatable bonds is 7. The lowest BCUT2D eigenvalue weighted by Crippen LogP contribution is -2.36. The molecule has 1 saturated heterocycles. The molecule has 0 atom stereocenters. The molecule has 1 aliphatic heterocycles. The summed E-state index contributed by atoms with van der Waals surface area (Å²) in [5, 5.41) is 24.5. The normalized spacial score (nSPS) is 14.2. The van der Waals surface area contributed by atoms with Crippen molar-refractivity contribution in [3.63, 3.8) is 0 Å². The van der Waals surface area contributed by atoms with Gasteiger partial charge in [0.2, 0.25) is 0 Å². The van der Waals surface area contributed by atoms with E-state index < -0.39 is 5.91 Å². The number of ether oxygens (including phenoxy) is 1. The van der Waals surface area contributed by atoms with E-state index in [0.717, 1.165) is 30.0 Å². The smallest absolute Gasteiger partial charge is 0.263 e. The van der Waals surface area contributed by atoms with Crippen molar-refractivity contribution in [1.29, 1.82) is 5.26 Å². The van der Waals surface area contributed by atoms with Crippen molar-refractivity contribution in [1.82, 2.24) is 5.32 Å². The molecule has 0 saturated carbocycles. The lowest BCUT2D eigenvalue weighted by Gasteiger charge is -2.30. The monoisotopic (exact) mass is 392 g/mol. The van der Waals surface area contributed by atoms with Gasteiger partial charge in [-0.15, -0.1) is 0 Å². The largest absolute Gasteiger partial charge is 0.508 e. The van der Waals surface area contributed by atoms with E-state index in [4.69, 9.17) is 4.74 Å². The Morgan fingerprint density at radius 2 is 1.90 bits per heavy atom. The number of aromatic hydroxyl groups is 1. The van der Waals surface area contributed by atoms with Crippen LogP contribution in [0.2, 0.25) is 0 Å². The highest BCUT2D eigenvalue weighted by Gasteiger charge is 2.14. The summed E-state index contributed by atoms with van der Waals surface area (Å²) in [6, 6.07) is 16.5. The molecule has 0 unspecified atom stereocenters. The second kappa shape index (κ2) is 10.2. The van der Waals surface area contributed by atoms with Crippen molar-refractivity contribution < 1.29 is 14.6 Å². The van der Waals surface area contributed by atoms with Gasteiger partial charge in [-0.2, -0.15) is 5.26 Å². The number of benzene rings is 2. The standard InChI is InChI=1S/C22H24N4O3/c23-15-18(22(28)24-10-9-17-5-7-19(27)8-6-17)16-25-20-3-1-2-4-21(20)26-11-13-29-14-12-26/h1-8,16,25,27H,9-14H2,(H,24,28)/b18-16-. The summed E-state index contributed by atoms with van der Waals surface area (Å²) in [4.78, 5) is 14.5. The summed E-state index contributed by atoms with van der Waals surface area (Å²) in [6.45, 7) is 3.34. The minimum Gasteiger partial charge on any atom is -0.508 e. The fraction of sp³-hybridized carbons (Fsp3) is 0.273. The molecule has 3 rings (SSSR count). The average Bonchev–Trinajstić information content (AvgIpc) is 2.76. The first kappa shape index (κ1) is 20.2. The molecule has 2 aromatic carbocycles. The van der Waals surface area contributed by atoms with Crippen LogP contribution in [0.15, 0.2) is 60.3 Å². The summed E-state index contributed by atoms with van der Waals surface area (Å²) >= 11 is 0. The molecular formula is C22H24N4O3. The second-order valence-electron chi connectivity index (χ2n) is 6.60. The zero-order chi connectivity index (χ0) is 20.5. The van der Waals surface area contributed by atoms with E-state index in [-0.39, 0.29) is 11.3 Å². The Bertz CT molecular complexity index is 897. The van der Waals surface area contributed by atoms with E-state index in [1.54, 1.807) is 24.3 Å². The van der Waals surface area contributed by atoms with E-state index >= 15 is 0 Å². The molecule has 0 spiro atoms. The molecule has 150 valence electrons. The number of hydrogen-bond donors (Lipinski definition) is 3. The van der Waals surface area contributed by atoms with Crippen molar-refractivity contribution in [2.45, 2.75) is 6.42 Å². The van der Waals surface area contributed by atoms with Gasteiger partial charge in [0.25, 0.3) is 5.91 Å². The van der Waals surface area contributed by atoms with Crippen LogP contribution < -0.4 is 15.5 Å². The number of amides is 1. The van der Waals surface area contributed by atoms with Gasteiger partial charge in [-0.3, -0.25) is 4.79 Å². The highest BCUT2D eigenvalue weighted by Crippen LogP contribution is 2.26. The quantitative estimate of drug-likeness (QED) is 0.495. The van der Waals surface area contributed by atoms with Crippen LogP contribution in [0.1, 0.15) is 5.56 Å². The molecule has 1 fully saturated rings. The van der Waals surface area contributed by atoms with Crippen molar-refractivity contribution in [3.05, 3.63) is 65.9 Å². The van der Waals surface area contributed by atoms with Gasteiger partial charge in [-0.25, -0.2) is 0 Å². The zero-order valence-electron chi connectivity index (χ0n) is 16.1. The van der Waals surface area contributed by atoms with Gasteiger partial charge in [0, 0.05) is 25.8 Å². The van der Waals surface area contributed by atoms with Crippen molar-refractivity contribution >= 4 is 17.3 Å². The van der Waals surface area contributed by atoms with Crippen LogP contribution >= 0.6 is 0 Å². The lowest BCUT2D eigenvalue weighted by atomic mass is 10.1. The van der Waals surface area contributed by atoms with E-state index in [9.17, 15) is 15.2 Å². The number of para-hydroxylation sites is 2. The number of carbonyl (C=O) groups is 1. The van der Waals surface area contributed by atoms with Crippen LogP contribution in [-0.2, 0) is 16.0 Å². The number of phenolic OH excluding ortho intramolecular Hbond substituents is 1. The lowest BCUT2D eigenvalue weighted by molar-refractivity contribution is -0.117. The number of nitrogens with one attached hydrogen (secondary N) is 2. The Kier molecular flexibility index (Phi) is 7.09. The average molecular weight is 392 g/mol. The third kappa shape index (κ3) is 5.74. The Morgan fingerprint density at radius 3 is 2.62 bits per heavy atom. The molecular weight excluding hydrogens is 368 g/mol. The van der Waals surface area contributed by atoms with Gasteiger partial charge in [-0.1, -0.05) is 24.3 Å². The molecule has 3 N–H and O–H groups in total. The fourth-order valence-corrected chi connectivity index (χ4v) is 3.05. The van der Waals surface area contributed by atoms with E-state index in [2.05, 4.69) is 15.5 Å². The third-order valence-corrected chi connectivity index (χ3v) is 4.63. The highest BCUT2D eigenvalue weighted by molar-refractivity contribution is 5.97. The maximum Gasteiger partial charge on any atom is 0.263 e. The third-order valence-electron chi connectivity index (χ3n) is 4.63. The summed E-state index contributed by atoms with van der Waals surface area (Å²) in [5.74, 6) is -0.224. The van der Waals surface area contributed by atoms with Crippen LogP contribution in [0.5, 0.6) is 5.75 Å². The molecule has 1 aliphatic rings. The maximum atomic E-state index is 12.3. The Labute approximate surface area is 170 Å². The molecule has 7 nitrogen and oxygen atoms in total. The van der Waals surface area contributed by atoms with Gasteiger partial charge < -0.3 is 25.4 Å². The maximum absolute atomic E-state index is 12.3. The SMILES string of the molecule is N#C/C(=C/Nc1ccccc1N1CCOCC1)C(=O)NCCc1ccc(O)cc1. The van der Waals surface area contributed by atoms with Gasteiger partial charge in [0.15, 0.2) is 0 Å². The molecule has 2 aromatic rings. The number of phenols is 1. The first-order valence-electron chi connectivity index (χ1n) is 9.52. The molecule has 1 heterocycles. The second-order valence-corrected chi connectivity index (χ2v) is 6.60. The Morgan fingerprint density at radius 1 is 1.17 bits per heavy atom. The van der Waals surface area contributed by atoms with Crippen LogP contribution in [0.4, 0.5) is 11.4 Å². The van der Waals surface area contributed by atoms with Crippen LogP contribution in [0, 0.1) is 11.3 Å². The van der Waals surface area contributed by atoms with Gasteiger partial charge >= 0.3 is 0 Å². The van der Waals surface area contributed by atoms with Gasteiger partial charge in [0.05, 0.1) is 24.6 Å². The van der Waals surface area contributed by atoms with Crippen LogP contribution in [0.3, 0.4) is 0 Å². The summed E-state index contributed by atoms with van der Waals surface area (Å²) in [7, 11) is 0.